The van der Waals surface area contributed by atoms with Gasteiger partial charge in [0.15, 0.2) is 6.61 Å². The fraction of sp³-hybridized carbons (Fsp3) is 0.333. The van der Waals surface area contributed by atoms with Crippen LogP contribution in [0.5, 0.6) is 5.75 Å². The Balaban J connectivity index is 1.65. The van der Waals surface area contributed by atoms with E-state index in [9.17, 15) is 9.59 Å². The summed E-state index contributed by atoms with van der Waals surface area (Å²) in [6, 6.07) is 15.0. The van der Waals surface area contributed by atoms with Crippen molar-refractivity contribution in [2.45, 2.75) is 60.0 Å². The van der Waals surface area contributed by atoms with E-state index in [1.165, 1.54) is 4.68 Å². The molecule has 0 aliphatic heterocycles. The highest BCUT2D eigenvalue weighted by molar-refractivity contribution is 9.10. The monoisotopic (exact) mass is 592 g/mol. The molecule has 0 aliphatic rings. The van der Waals surface area contributed by atoms with Gasteiger partial charge in [-0.25, -0.2) is 9.78 Å². The SMILES string of the molecule is Cc1cc(C=Nn2c(C(C)(C)C)nc3ccc(Br)cc3c2=O)c(C)n1-c1ccc(OCC(=O)OC(C)C)cc1. The number of benzene rings is 2. The van der Waals surface area contributed by atoms with Crippen molar-refractivity contribution in [2.75, 3.05) is 6.61 Å². The second kappa shape index (κ2) is 11.2. The Hall–Kier alpha value is -3.72. The number of hydrogen-bond acceptors (Lipinski definition) is 6. The fourth-order valence-electron chi connectivity index (χ4n) is 4.31. The predicted molar refractivity (Wildman–Crippen MR) is 157 cm³/mol. The summed E-state index contributed by atoms with van der Waals surface area (Å²) in [7, 11) is 0. The number of rotatable bonds is 7. The minimum absolute atomic E-state index is 0.143. The number of aromatic nitrogens is 3. The second-order valence-electron chi connectivity index (χ2n) is 10.7. The average molecular weight is 594 g/mol. The van der Waals surface area contributed by atoms with Crippen LogP contribution in [0.2, 0.25) is 0 Å². The summed E-state index contributed by atoms with van der Waals surface area (Å²) in [6.45, 7) is 13.5. The zero-order valence-corrected chi connectivity index (χ0v) is 24.9. The van der Waals surface area contributed by atoms with E-state index in [-0.39, 0.29) is 18.3 Å². The van der Waals surface area contributed by atoms with Crippen molar-refractivity contribution >= 4 is 39.0 Å². The zero-order valence-electron chi connectivity index (χ0n) is 23.3. The van der Waals surface area contributed by atoms with Crippen LogP contribution in [-0.2, 0) is 14.9 Å². The minimum Gasteiger partial charge on any atom is -0.482 e. The van der Waals surface area contributed by atoms with Gasteiger partial charge in [0.1, 0.15) is 11.6 Å². The van der Waals surface area contributed by atoms with Gasteiger partial charge in [-0.05, 0) is 76.2 Å². The molecule has 0 fully saturated rings. The van der Waals surface area contributed by atoms with Crippen LogP contribution in [-0.4, -0.2) is 39.1 Å². The highest BCUT2D eigenvalue weighted by atomic mass is 79.9. The lowest BCUT2D eigenvalue weighted by molar-refractivity contribution is -0.149. The Labute approximate surface area is 236 Å². The quantitative estimate of drug-likeness (QED) is 0.192. The molecule has 8 nitrogen and oxygen atoms in total. The third kappa shape index (κ3) is 6.30. The summed E-state index contributed by atoms with van der Waals surface area (Å²) < 4.78 is 15.0. The molecule has 0 N–H and O–H groups in total. The molecule has 39 heavy (non-hydrogen) atoms. The number of fused-ring (bicyclic) bond motifs is 1. The zero-order chi connectivity index (χ0) is 28.5. The van der Waals surface area contributed by atoms with Gasteiger partial charge in [0.2, 0.25) is 0 Å². The molecule has 4 rings (SSSR count). The molecule has 9 heteroatoms. The van der Waals surface area contributed by atoms with Crippen LogP contribution >= 0.6 is 15.9 Å². The second-order valence-corrected chi connectivity index (χ2v) is 11.6. The smallest absolute Gasteiger partial charge is 0.344 e. The maximum absolute atomic E-state index is 13.5. The van der Waals surface area contributed by atoms with E-state index in [4.69, 9.17) is 14.5 Å². The third-order valence-electron chi connectivity index (χ3n) is 6.08. The van der Waals surface area contributed by atoms with Crippen LogP contribution in [0.3, 0.4) is 0 Å². The number of halogens is 1. The van der Waals surface area contributed by atoms with Gasteiger partial charge in [-0.1, -0.05) is 36.7 Å². The van der Waals surface area contributed by atoms with E-state index in [1.807, 2.05) is 77.1 Å². The van der Waals surface area contributed by atoms with Gasteiger partial charge in [0.25, 0.3) is 5.56 Å². The molecule has 0 atom stereocenters. The van der Waals surface area contributed by atoms with Gasteiger partial charge >= 0.3 is 5.97 Å². The van der Waals surface area contributed by atoms with Crippen LogP contribution in [0.15, 0.2) is 62.9 Å². The Morgan fingerprint density at radius 1 is 1.10 bits per heavy atom. The Kier molecular flexibility index (Phi) is 8.11. The van der Waals surface area contributed by atoms with Crippen molar-refractivity contribution in [1.29, 1.82) is 0 Å². The Bertz CT molecular complexity index is 1610. The van der Waals surface area contributed by atoms with Crippen molar-refractivity contribution in [1.82, 2.24) is 14.2 Å². The van der Waals surface area contributed by atoms with E-state index < -0.39 is 11.4 Å². The summed E-state index contributed by atoms with van der Waals surface area (Å²) in [5.41, 5.74) is 3.81. The molecule has 0 saturated heterocycles. The number of nitrogens with zero attached hydrogens (tertiary/aromatic N) is 4. The molecule has 2 aromatic carbocycles. The molecule has 0 spiro atoms. The lowest BCUT2D eigenvalue weighted by atomic mass is 9.95. The van der Waals surface area contributed by atoms with Gasteiger partial charge in [-0.15, -0.1) is 0 Å². The average Bonchev–Trinajstić information content (AvgIpc) is 3.14. The van der Waals surface area contributed by atoms with Gasteiger partial charge < -0.3 is 14.0 Å². The molecule has 2 heterocycles. The van der Waals surface area contributed by atoms with Gasteiger partial charge in [0.05, 0.1) is 23.2 Å². The molecule has 4 aromatic rings. The van der Waals surface area contributed by atoms with Gasteiger partial charge in [0, 0.05) is 32.5 Å². The first-order valence-electron chi connectivity index (χ1n) is 12.7. The topological polar surface area (TPSA) is 87.7 Å². The van der Waals surface area contributed by atoms with Crippen molar-refractivity contribution < 1.29 is 14.3 Å². The number of carbonyl (C=O) groups excluding carboxylic acids is 1. The summed E-state index contributed by atoms with van der Waals surface area (Å²) in [5, 5.41) is 5.13. The number of esters is 1. The molecule has 2 aromatic heterocycles. The van der Waals surface area contributed by atoms with Crippen LogP contribution in [0, 0.1) is 13.8 Å². The van der Waals surface area contributed by atoms with Crippen molar-refractivity contribution in [3.63, 3.8) is 0 Å². The van der Waals surface area contributed by atoms with E-state index in [0.717, 1.165) is 27.1 Å². The molecule has 0 bridgehead atoms. The first-order chi connectivity index (χ1) is 18.3. The summed E-state index contributed by atoms with van der Waals surface area (Å²) in [4.78, 5) is 30.0. The molecule has 0 saturated carbocycles. The highest BCUT2D eigenvalue weighted by Crippen LogP contribution is 2.24. The normalized spacial score (nSPS) is 12.0. The van der Waals surface area contributed by atoms with Crippen molar-refractivity contribution in [3.05, 3.63) is 86.1 Å². The number of ether oxygens (including phenoxy) is 2. The Morgan fingerprint density at radius 3 is 2.44 bits per heavy atom. The maximum Gasteiger partial charge on any atom is 0.344 e. The Morgan fingerprint density at radius 2 is 1.79 bits per heavy atom. The molecule has 0 amide bonds. The predicted octanol–water partition coefficient (Wildman–Crippen LogP) is 6.08. The van der Waals surface area contributed by atoms with E-state index in [0.29, 0.717) is 22.5 Å². The van der Waals surface area contributed by atoms with Crippen LogP contribution in [0.4, 0.5) is 0 Å². The molecular weight excluding hydrogens is 560 g/mol. The molecular formula is C30H33BrN4O4. The fourth-order valence-corrected chi connectivity index (χ4v) is 4.67. The first-order valence-corrected chi connectivity index (χ1v) is 13.5. The van der Waals surface area contributed by atoms with Crippen LogP contribution in [0.1, 0.15) is 57.4 Å². The number of aryl methyl sites for hydroxylation is 1. The number of carbonyl (C=O) groups is 1. The summed E-state index contributed by atoms with van der Waals surface area (Å²) in [5.74, 6) is 0.756. The molecule has 204 valence electrons. The largest absolute Gasteiger partial charge is 0.482 e. The lowest BCUT2D eigenvalue weighted by Gasteiger charge is -2.20. The van der Waals surface area contributed by atoms with Gasteiger partial charge in [-0.3, -0.25) is 4.79 Å². The highest BCUT2D eigenvalue weighted by Gasteiger charge is 2.23. The molecule has 0 radical (unpaired) electrons. The van der Waals surface area contributed by atoms with E-state index in [2.05, 4.69) is 25.6 Å². The summed E-state index contributed by atoms with van der Waals surface area (Å²) in [6.07, 6.45) is 1.53. The van der Waals surface area contributed by atoms with E-state index in [1.54, 1.807) is 26.1 Å². The molecule has 0 unspecified atom stereocenters. The third-order valence-corrected chi connectivity index (χ3v) is 6.57. The van der Waals surface area contributed by atoms with Crippen molar-refractivity contribution in [2.24, 2.45) is 5.10 Å². The van der Waals surface area contributed by atoms with Crippen LogP contribution < -0.4 is 10.3 Å². The van der Waals surface area contributed by atoms with Crippen molar-refractivity contribution in [3.8, 4) is 11.4 Å². The van der Waals surface area contributed by atoms with Crippen LogP contribution in [0.25, 0.3) is 16.6 Å². The lowest BCUT2D eigenvalue weighted by Crippen LogP contribution is -2.29. The standard InChI is InChI=1S/C30H33BrN4O4/c1-18(2)39-27(36)17-38-24-11-9-23(10-12-24)34-19(3)14-21(20(34)4)16-32-35-28(37)25-15-22(31)8-13-26(25)33-29(35)30(5,6)7/h8-16,18H,17H2,1-7H3. The first kappa shape index (κ1) is 28.3. The maximum atomic E-state index is 13.5. The minimum atomic E-state index is -0.405. The van der Waals surface area contributed by atoms with E-state index >= 15 is 0 Å². The van der Waals surface area contributed by atoms with Gasteiger partial charge in [-0.2, -0.15) is 9.78 Å². The number of hydrogen-bond donors (Lipinski definition) is 0. The summed E-state index contributed by atoms with van der Waals surface area (Å²) >= 11 is 3.45. The molecule has 0 aliphatic carbocycles.